The number of thiazole rings is 1. The summed E-state index contributed by atoms with van der Waals surface area (Å²) in [4.78, 5) is 26.6. The lowest BCUT2D eigenvalue weighted by molar-refractivity contribution is -0.0221. The SMILES string of the molecule is O=C(Nc1cc2scnc2c(N2CCC(F)(F)CC2)n1)c1ccc(NS(=O)(=O)CCO)cc1N1CCC2(CC1)CC2. The Balaban J connectivity index is 1.29. The highest BCUT2D eigenvalue weighted by Crippen LogP contribution is 2.54. The molecule has 14 heteroatoms. The first-order valence-electron chi connectivity index (χ1n) is 13.7. The van der Waals surface area contributed by atoms with Gasteiger partial charge in [0.15, 0.2) is 5.82 Å². The van der Waals surface area contributed by atoms with Crippen LogP contribution in [0, 0.1) is 5.41 Å². The lowest BCUT2D eigenvalue weighted by Gasteiger charge is -2.35. The molecule has 0 bridgehead atoms. The number of aliphatic hydroxyl groups excluding tert-OH is 1. The van der Waals surface area contributed by atoms with E-state index < -0.39 is 34.2 Å². The van der Waals surface area contributed by atoms with Crippen molar-refractivity contribution in [2.75, 3.05) is 58.4 Å². The number of pyridine rings is 1. The van der Waals surface area contributed by atoms with Crippen LogP contribution in [0.2, 0.25) is 0 Å². The average molecular weight is 607 g/mol. The minimum absolute atomic E-state index is 0.137. The van der Waals surface area contributed by atoms with E-state index in [0.717, 1.165) is 30.6 Å². The topological polar surface area (TPSA) is 128 Å². The van der Waals surface area contributed by atoms with E-state index in [-0.39, 0.29) is 31.7 Å². The lowest BCUT2D eigenvalue weighted by Crippen LogP contribution is -2.40. The van der Waals surface area contributed by atoms with E-state index in [1.165, 1.54) is 30.2 Å². The van der Waals surface area contributed by atoms with Gasteiger partial charge in [-0.3, -0.25) is 9.52 Å². The Hall–Kier alpha value is -3.10. The molecular weight excluding hydrogens is 574 g/mol. The number of benzene rings is 1. The number of hydrogen-bond acceptors (Lipinski definition) is 9. The highest BCUT2D eigenvalue weighted by Gasteiger charge is 2.44. The van der Waals surface area contributed by atoms with Crippen LogP contribution < -0.4 is 19.8 Å². The molecule has 10 nitrogen and oxygen atoms in total. The smallest absolute Gasteiger partial charge is 0.258 e. The van der Waals surface area contributed by atoms with Crippen molar-refractivity contribution in [2.24, 2.45) is 5.41 Å². The fourth-order valence-electron chi connectivity index (χ4n) is 5.66. The molecule has 3 N–H and O–H groups in total. The molecule has 6 rings (SSSR count). The number of piperidine rings is 2. The molecule has 0 unspecified atom stereocenters. The van der Waals surface area contributed by atoms with Crippen molar-refractivity contribution in [1.29, 1.82) is 0 Å². The van der Waals surface area contributed by atoms with Crippen LogP contribution in [-0.2, 0) is 10.0 Å². The third-order valence-electron chi connectivity index (χ3n) is 8.33. The molecular formula is C27H32F2N6O4S2. The van der Waals surface area contributed by atoms with Crippen LogP contribution in [0.4, 0.5) is 31.8 Å². The van der Waals surface area contributed by atoms with Crippen molar-refractivity contribution < 1.29 is 27.1 Å². The van der Waals surface area contributed by atoms with Crippen molar-refractivity contribution in [2.45, 2.75) is 44.4 Å². The second kappa shape index (κ2) is 10.6. The molecule has 220 valence electrons. The van der Waals surface area contributed by atoms with Gasteiger partial charge in [0.1, 0.15) is 11.3 Å². The van der Waals surface area contributed by atoms with Crippen molar-refractivity contribution >= 4 is 60.5 Å². The average Bonchev–Trinajstić information content (AvgIpc) is 3.50. The summed E-state index contributed by atoms with van der Waals surface area (Å²) in [6.45, 7) is 1.27. The highest BCUT2D eigenvalue weighted by atomic mass is 32.2. The fraction of sp³-hybridized carbons (Fsp3) is 0.519. The van der Waals surface area contributed by atoms with Gasteiger partial charge in [-0.1, -0.05) is 0 Å². The second-order valence-corrected chi connectivity index (χ2v) is 13.9. The molecule has 2 saturated heterocycles. The Labute approximate surface area is 240 Å². The molecule has 0 radical (unpaired) electrons. The molecule has 2 aromatic heterocycles. The Bertz CT molecular complexity index is 1560. The molecule has 1 saturated carbocycles. The number of nitrogens with zero attached hydrogens (tertiary/aromatic N) is 4. The molecule has 3 aliphatic rings. The van der Waals surface area contributed by atoms with Gasteiger partial charge in [0.2, 0.25) is 10.0 Å². The van der Waals surface area contributed by atoms with Crippen LogP contribution in [0.25, 0.3) is 10.2 Å². The number of halogens is 2. The number of anilines is 4. The monoisotopic (exact) mass is 606 g/mol. The first-order chi connectivity index (χ1) is 19.6. The molecule has 41 heavy (non-hydrogen) atoms. The molecule has 2 aliphatic heterocycles. The number of carbonyl (C=O) groups is 1. The van der Waals surface area contributed by atoms with E-state index in [0.29, 0.717) is 33.7 Å². The van der Waals surface area contributed by atoms with Crippen LogP contribution in [-0.4, -0.2) is 73.9 Å². The van der Waals surface area contributed by atoms with Crippen LogP contribution in [0.5, 0.6) is 0 Å². The summed E-state index contributed by atoms with van der Waals surface area (Å²) in [6.07, 6.45) is 3.92. The first kappa shape index (κ1) is 28.0. The van der Waals surface area contributed by atoms with E-state index in [4.69, 9.17) is 5.11 Å². The van der Waals surface area contributed by atoms with Gasteiger partial charge < -0.3 is 20.2 Å². The van der Waals surface area contributed by atoms with E-state index in [2.05, 4.69) is 24.9 Å². The molecule has 3 fully saturated rings. The first-order valence-corrected chi connectivity index (χ1v) is 16.3. The quantitative estimate of drug-likeness (QED) is 0.347. The molecule has 1 aliphatic carbocycles. The zero-order valence-corrected chi connectivity index (χ0v) is 24.0. The van der Waals surface area contributed by atoms with Crippen molar-refractivity contribution in [3.8, 4) is 0 Å². The van der Waals surface area contributed by atoms with Gasteiger partial charge in [0.25, 0.3) is 11.8 Å². The number of alkyl halides is 2. The van der Waals surface area contributed by atoms with E-state index in [9.17, 15) is 22.0 Å². The Morgan fingerprint density at radius 1 is 1.02 bits per heavy atom. The lowest BCUT2D eigenvalue weighted by atomic mass is 9.93. The normalized spacial score (nSPS) is 19.9. The summed E-state index contributed by atoms with van der Waals surface area (Å²) in [7, 11) is -3.75. The maximum Gasteiger partial charge on any atom is 0.258 e. The van der Waals surface area contributed by atoms with Gasteiger partial charge in [-0.15, -0.1) is 11.3 Å². The number of nitrogens with one attached hydrogen (secondary N) is 2. The Kier molecular flexibility index (Phi) is 7.27. The standard InChI is InChI=1S/C27H32F2N6O4S2/c28-27(29)7-11-35(12-8-27)24-23-21(40-17-30-23)16-22(31-24)32-25(37)19-2-1-18(33-41(38,39)14-13-36)15-20(19)34-9-5-26(3-4-26)6-10-34/h1-2,15-17,33,36H,3-14H2,(H,31,32,37). The molecule has 1 aromatic carbocycles. The zero-order valence-electron chi connectivity index (χ0n) is 22.4. The van der Waals surface area contributed by atoms with Crippen molar-refractivity contribution in [1.82, 2.24) is 9.97 Å². The van der Waals surface area contributed by atoms with Crippen LogP contribution >= 0.6 is 11.3 Å². The number of sulfonamides is 1. The van der Waals surface area contributed by atoms with Crippen molar-refractivity contribution in [3.05, 3.63) is 35.3 Å². The minimum Gasteiger partial charge on any atom is -0.395 e. The predicted molar refractivity (Wildman–Crippen MR) is 156 cm³/mol. The second-order valence-electron chi connectivity index (χ2n) is 11.2. The third kappa shape index (κ3) is 6.09. The van der Waals surface area contributed by atoms with Gasteiger partial charge in [-0.05, 0) is 49.3 Å². The number of rotatable bonds is 8. The van der Waals surface area contributed by atoms with Gasteiger partial charge in [-0.2, -0.15) is 0 Å². The highest BCUT2D eigenvalue weighted by molar-refractivity contribution is 7.92. The summed E-state index contributed by atoms with van der Waals surface area (Å²) < 4.78 is 55.5. The maximum atomic E-state index is 13.8. The van der Waals surface area contributed by atoms with Crippen molar-refractivity contribution in [3.63, 3.8) is 0 Å². The van der Waals surface area contributed by atoms with Crippen LogP contribution in [0.15, 0.2) is 29.8 Å². The fourth-order valence-corrected chi connectivity index (χ4v) is 7.20. The molecule has 1 spiro atoms. The van der Waals surface area contributed by atoms with Crippen LogP contribution in [0.1, 0.15) is 48.9 Å². The van der Waals surface area contributed by atoms with Gasteiger partial charge >= 0.3 is 0 Å². The molecule has 4 heterocycles. The number of aromatic nitrogens is 2. The maximum absolute atomic E-state index is 13.8. The number of fused-ring (bicyclic) bond motifs is 1. The van der Waals surface area contributed by atoms with Gasteiger partial charge in [0.05, 0.1) is 39.5 Å². The number of carbonyl (C=O) groups excluding carboxylic acids is 1. The minimum atomic E-state index is -3.75. The Morgan fingerprint density at radius 3 is 2.41 bits per heavy atom. The third-order valence-corrected chi connectivity index (χ3v) is 10.4. The number of amides is 1. The zero-order chi connectivity index (χ0) is 28.8. The van der Waals surface area contributed by atoms with E-state index >= 15 is 0 Å². The molecule has 3 aromatic rings. The molecule has 1 amide bonds. The summed E-state index contributed by atoms with van der Waals surface area (Å²) in [6, 6.07) is 6.50. The summed E-state index contributed by atoms with van der Waals surface area (Å²) >= 11 is 1.38. The van der Waals surface area contributed by atoms with Crippen LogP contribution in [0.3, 0.4) is 0 Å². The Morgan fingerprint density at radius 2 is 1.73 bits per heavy atom. The van der Waals surface area contributed by atoms with E-state index in [1.54, 1.807) is 28.6 Å². The summed E-state index contributed by atoms with van der Waals surface area (Å²) in [5.74, 6) is -2.79. The summed E-state index contributed by atoms with van der Waals surface area (Å²) in [5, 5.41) is 12.0. The van der Waals surface area contributed by atoms with Gasteiger partial charge in [0, 0.05) is 45.1 Å². The predicted octanol–water partition coefficient (Wildman–Crippen LogP) is 4.29. The van der Waals surface area contributed by atoms with Gasteiger partial charge in [-0.25, -0.2) is 27.2 Å². The number of hydrogen-bond donors (Lipinski definition) is 3. The molecule has 0 atom stereocenters. The largest absolute Gasteiger partial charge is 0.395 e. The van der Waals surface area contributed by atoms with E-state index in [1.807, 2.05) is 0 Å². The number of aliphatic hydroxyl groups is 1. The summed E-state index contributed by atoms with van der Waals surface area (Å²) in [5.41, 5.74) is 3.97.